The van der Waals surface area contributed by atoms with Gasteiger partial charge >= 0.3 is 0 Å². The third-order valence-corrected chi connectivity index (χ3v) is 4.68. The average molecular weight is 395 g/mol. The Labute approximate surface area is 175 Å². The number of aliphatic imine (C=N–C) groups is 1. The Bertz CT molecular complexity index is 1160. The first-order valence-corrected chi connectivity index (χ1v) is 9.61. The molecule has 4 nitrogen and oxygen atoms in total. The molecule has 0 aliphatic heterocycles. The minimum absolute atomic E-state index is 0.0599. The standard InChI is InChI=1S/C26H21NO3/c28-25-16-23(30-18-19-7-3-1-4-8-19)13-11-22(25)17-27-24-14-12-21(15-26(24)29)20-9-5-2-6-10-20/h1-17,28-29H,18H2. The summed E-state index contributed by atoms with van der Waals surface area (Å²) < 4.78 is 5.72. The van der Waals surface area contributed by atoms with Crippen LogP contribution in [-0.2, 0) is 6.61 Å². The quantitative estimate of drug-likeness (QED) is 0.388. The van der Waals surface area contributed by atoms with Gasteiger partial charge in [0.15, 0.2) is 0 Å². The molecule has 0 amide bonds. The topological polar surface area (TPSA) is 62.0 Å². The molecule has 0 aliphatic rings. The van der Waals surface area contributed by atoms with E-state index in [1.165, 1.54) is 6.21 Å². The first-order valence-electron chi connectivity index (χ1n) is 9.61. The number of benzene rings is 4. The second-order valence-corrected chi connectivity index (χ2v) is 6.82. The van der Waals surface area contributed by atoms with Crippen molar-refractivity contribution in [1.82, 2.24) is 0 Å². The average Bonchev–Trinajstić information content (AvgIpc) is 2.79. The summed E-state index contributed by atoms with van der Waals surface area (Å²) in [6.07, 6.45) is 1.52. The Balaban J connectivity index is 1.46. The molecule has 4 aromatic carbocycles. The second kappa shape index (κ2) is 8.97. The predicted molar refractivity (Wildman–Crippen MR) is 120 cm³/mol. The summed E-state index contributed by atoms with van der Waals surface area (Å²) in [5.41, 5.74) is 3.95. The third-order valence-electron chi connectivity index (χ3n) is 4.68. The fourth-order valence-electron chi connectivity index (χ4n) is 3.05. The normalized spacial score (nSPS) is 10.9. The van der Waals surface area contributed by atoms with Crippen LogP contribution >= 0.6 is 0 Å². The molecule has 0 atom stereocenters. The Morgan fingerprint density at radius 1 is 0.700 bits per heavy atom. The summed E-state index contributed by atoms with van der Waals surface area (Å²) in [7, 11) is 0. The fourth-order valence-corrected chi connectivity index (χ4v) is 3.05. The van der Waals surface area contributed by atoms with Gasteiger partial charge in [0.2, 0.25) is 0 Å². The van der Waals surface area contributed by atoms with Gasteiger partial charge in [0, 0.05) is 17.8 Å². The summed E-state index contributed by atoms with van der Waals surface area (Å²) in [4.78, 5) is 4.32. The van der Waals surface area contributed by atoms with Crippen LogP contribution in [0.3, 0.4) is 0 Å². The lowest BCUT2D eigenvalue weighted by Gasteiger charge is -2.08. The number of nitrogens with zero attached hydrogens (tertiary/aromatic N) is 1. The molecular weight excluding hydrogens is 374 g/mol. The van der Waals surface area contributed by atoms with E-state index in [2.05, 4.69) is 4.99 Å². The van der Waals surface area contributed by atoms with Crippen molar-refractivity contribution in [2.75, 3.05) is 0 Å². The molecular formula is C26H21NO3. The van der Waals surface area contributed by atoms with Crippen molar-refractivity contribution in [3.05, 3.63) is 108 Å². The zero-order valence-electron chi connectivity index (χ0n) is 16.3. The summed E-state index contributed by atoms with van der Waals surface area (Å²) in [6.45, 7) is 0.426. The van der Waals surface area contributed by atoms with Crippen LogP contribution in [-0.4, -0.2) is 16.4 Å². The number of phenolic OH excluding ortho intramolecular Hbond substituents is 2. The van der Waals surface area contributed by atoms with Crippen LogP contribution in [0.5, 0.6) is 17.2 Å². The molecule has 30 heavy (non-hydrogen) atoms. The van der Waals surface area contributed by atoms with E-state index in [4.69, 9.17) is 4.74 Å². The van der Waals surface area contributed by atoms with E-state index >= 15 is 0 Å². The summed E-state index contributed by atoms with van der Waals surface area (Å²) >= 11 is 0. The maximum Gasteiger partial charge on any atom is 0.141 e. The van der Waals surface area contributed by atoms with Crippen molar-refractivity contribution in [3.8, 4) is 28.4 Å². The van der Waals surface area contributed by atoms with Gasteiger partial charge in [-0.2, -0.15) is 0 Å². The summed E-state index contributed by atoms with van der Waals surface area (Å²) in [5.74, 6) is 0.711. The fraction of sp³-hybridized carbons (Fsp3) is 0.0385. The third kappa shape index (κ3) is 4.67. The van der Waals surface area contributed by atoms with Gasteiger partial charge in [0.05, 0.1) is 0 Å². The highest BCUT2D eigenvalue weighted by atomic mass is 16.5. The van der Waals surface area contributed by atoms with Gasteiger partial charge in [-0.1, -0.05) is 66.7 Å². The molecule has 0 fully saturated rings. The highest BCUT2D eigenvalue weighted by molar-refractivity contribution is 5.86. The van der Waals surface area contributed by atoms with Crippen molar-refractivity contribution in [1.29, 1.82) is 0 Å². The van der Waals surface area contributed by atoms with Gasteiger partial charge < -0.3 is 14.9 Å². The van der Waals surface area contributed by atoms with Crippen LogP contribution in [0.25, 0.3) is 11.1 Å². The Morgan fingerprint density at radius 3 is 2.13 bits per heavy atom. The molecule has 0 aromatic heterocycles. The van der Waals surface area contributed by atoms with Crippen LogP contribution < -0.4 is 4.74 Å². The second-order valence-electron chi connectivity index (χ2n) is 6.82. The van der Waals surface area contributed by atoms with E-state index < -0.39 is 0 Å². The Morgan fingerprint density at radius 2 is 1.43 bits per heavy atom. The molecule has 0 heterocycles. The maximum absolute atomic E-state index is 10.3. The van der Waals surface area contributed by atoms with Gasteiger partial charge in [-0.25, -0.2) is 0 Å². The van der Waals surface area contributed by atoms with E-state index in [9.17, 15) is 10.2 Å². The molecule has 2 N–H and O–H groups in total. The van der Waals surface area contributed by atoms with Crippen molar-refractivity contribution in [3.63, 3.8) is 0 Å². The van der Waals surface area contributed by atoms with Crippen molar-refractivity contribution >= 4 is 11.9 Å². The Hall–Kier alpha value is -4.05. The van der Waals surface area contributed by atoms with Crippen LogP contribution in [0.15, 0.2) is 102 Å². The lowest BCUT2D eigenvalue weighted by Crippen LogP contribution is -1.95. The molecule has 4 heteroatoms. The van der Waals surface area contributed by atoms with Crippen LogP contribution in [0.2, 0.25) is 0 Å². The zero-order valence-corrected chi connectivity index (χ0v) is 16.3. The molecule has 4 rings (SSSR count). The predicted octanol–water partition coefficient (Wildman–Crippen LogP) is 6.09. The van der Waals surface area contributed by atoms with Gasteiger partial charge in [-0.15, -0.1) is 0 Å². The van der Waals surface area contributed by atoms with Crippen LogP contribution in [0.1, 0.15) is 11.1 Å². The van der Waals surface area contributed by atoms with Gasteiger partial charge in [-0.05, 0) is 41.0 Å². The lowest BCUT2D eigenvalue weighted by atomic mass is 10.1. The smallest absolute Gasteiger partial charge is 0.141 e. The van der Waals surface area contributed by atoms with E-state index in [-0.39, 0.29) is 11.5 Å². The molecule has 0 spiro atoms. The van der Waals surface area contributed by atoms with Gasteiger partial charge in [-0.3, -0.25) is 4.99 Å². The number of hydrogen-bond acceptors (Lipinski definition) is 4. The van der Waals surface area contributed by atoms with E-state index in [1.54, 1.807) is 30.3 Å². The zero-order chi connectivity index (χ0) is 20.8. The van der Waals surface area contributed by atoms with Gasteiger partial charge in [0.25, 0.3) is 0 Å². The minimum Gasteiger partial charge on any atom is -0.507 e. The summed E-state index contributed by atoms with van der Waals surface area (Å²) in [6, 6.07) is 30.1. The van der Waals surface area contributed by atoms with Crippen molar-refractivity contribution in [2.24, 2.45) is 4.99 Å². The molecule has 0 bridgehead atoms. The first kappa shape index (κ1) is 19.3. The number of rotatable bonds is 6. The number of phenols is 2. The molecule has 0 unspecified atom stereocenters. The highest BCUT2D eigenvalue weighted by Gasteiger charge is 2.05. The molecule has 0 radical (unpaired) electrons. The number of aromatic hydroxyl groups is 2. The molecule has 0 aliphatic carbocycles. The van der Waals surface area contributed by atoms with E-state index in [1.807, 2.05) is 66.7 Å². The van der Waals surface area contributed by atoms with E-state index in [0.29, 0.717) is 23.6 Å². The molecule has 148 valence electrons. The van der Waals surface area contributed by atoms with Crippen LogP contribution in [0.4, 0.5) is 5.69 Å². The largest absolute Gasteiger partial charge is 0.507 e. The van der Waals surface area contributed by atoms with Crippen LogP contribution in [0, 0.1) is 0 Å². The minimum atomic E-state index is 0.0599. The van der Waals surface area contributed by atoms with Crippen molar-refractivity contribution < 1.29 is 14.9 Å². The first-order chi connectivity index (χ1) is 14.7. The molecule has 4 aromatic rings. The van der Waals surface area contributed by atoms with E-state index in [0.717, 1.165) is 16.7 Å². The summed E-state index contributed by atoms with van der Waals surface area (Å²) in [5, 5.41) is 20.6. The number of ether oxygens (including phenoxy) is 1. The molecule has 0 saturated carbocycles. The SMILES string of the molecule is Oc1cc(OCc2ccccc2)ccc1C=Nc1ccc(-c2ccccc2)cc1O. The maximum atomic E-state index is 10.3. The van der Waals surface area contributed by atoms with Gasteiger partial charge in [0.1, 0.15) is 29.5 Å². The lowest BCUT2D eigenvalue weighted by molar-refractivity contribution is 0.304. The van der Waals surface area contributed by atoms with Crippen molar-refractivity contribution in [2.45, 2.75) is 6.61 Å². The Kier molecular flexibility index (Phi) is 5.76. The number of hydrogen-bond donors (Lipinski definition) is 2. The monoisotopic (exact) mass is 395 g/mol. The molecule has 0 saturated heterocycles. The highest BCUT2D eigenvalue weighted by Crippen LogP contribution is 2.32.